The van der Waals surface area contributed by atoms with Gasteiger partial charge in [-0.2, -0.15) is 0 Å². The first-order valence-electron chi connectivity index (χ1n) is 10.4. The molecule has 3 rings (SSSR count). The highest BCUT2D eigenvalue weighted by Crippen LogP contribution is 2.36. The van der Waals surface area contributed by atoms with E-state index in [1.165, 1.54) is 24.3 Å². The number of benzene rings is 2. The normalized spacial score (nSPS) is 12.9. The summed E-state index contributed by atoms with van der Waals surface area (Å²) < 4.78 is 46.7. The third-order valence-corrected chi connectivity index (χ3v) is 4.74. The molecule has 1 aromatic heterocycles. The third kappa shape index (κ3) is 6.36. The fraction of sp³-hybridized carbons (Fsp3) is 0.333. The van der Waals surface area contributed by atoms with Crippen molar-refractivity contribution in [3.8, 4) is 16.9 Å². The predicted molar refractivity (Wildman–Crippen MR) is 119 cm³/mol. The number of ether oxygens (including phenoxy) is 2. The Morgan fingerprint density at radius 3 is 2.41 bits per heavy atom. The number of amides is 1. The summed E-state index contributed by atoms with van der Waals surface area (Å²) in [5.74, 6) is -0.368. The number of carbonyl (C=O) groups excluding carboxylic acids is 1. The molecule has 0 fully saturated rings. The van der Waals surface area contributed by atoms with Crippen LogP contribution < -0.4 is 10.1 Å². The van der Waals surface area contributed by atoms with Crippen LogP contribution >= 0.6 is 0 Å². The van der Waals surface area contributed by atoms with Gasteiger partial charge in [-0.3, -0.25) is 4.98 Å². The van der Waals surface area contributed by atoms with Crippen LogP contribution in [0.3, 0.4) is 0 Å². The van der Waals surface area contributed by atoms with E-state index in [2.05, 4.69) is 15.0 Å². The van der Waals surface area contributed by atoms with Crippen molar-refractivity contribution in [2.75, 3.05) is 6.61 Å². The first-order valence-corrected chi connectivity index (χ1v) is 10.4. The average Bonchev–Trinajstić information content (AvgIpc) is 2.74. The van der Waals surface area contributed by atoms with E-state index in [1.807, 2.05) is 0 Å². The van der Waals surface area contributed by atoms with Crippen LogP contribution in [0.2, 0.25) is 0 Å². The fourth-order valence-corrected chi connectivity index (χ4v) is 3.50. The molecule has 2 aromatic carbocycles. The van der Waals surface area contributed by atoms with Gasteiger partial charge in [0.2, 0.25) is 0 Å². The second-order valence-electron chi connectivity index (χ2n) is 8.52. The number of nitrogens with one attached hydrogen (secondary N) is 1. The highest BCUT2D eigenvalue weighted by atomic mass is 19.4. The monoisotopic (exact) mass is 478 g/mol. The van der Waals surface area contributed by atoms with Crippen LogP contribution in [-0.4, -0.2) is 39.9 Å². The summed E-state index contributed by atoms with van der Waals surface area (Å²) in [6.45, 7) is 4.57. The van der Waals surface area contributed by atoms with Gasteiger partial charge >= 0.3 is 12.5 Å². The topological polar surface area (TPSA) is 101 Å². The molecule has 0 bridgehead atoms. The Labute approximate surface area is 194 Å². The summed E-state index contributed by atoms with van der Waals surface area (Å²) in [4.78, 5) is 16.6. The van der Waals surface area contributed by atoms with Gasteiger partial charge in [-0.05, 0) is 61.7 Å². The average molecular weight is 478 g/mol. The van der Waals surface area contributed by atoms with Crippen LogP contribution in [0, 0.1) is 0 Å². The summed E-state index contributed by atoms with van der Waals surface area (Å²) in [6, 6.07) is 10.3. The van der Waals surface area contributed by atoms with Crippen molar-refractivity contribution in [3.05, 3.63) is 59.8 Å². The van der Waals surface area contributed by atoms with Crippen molar-refractivity contribution in [3.63, 3.8) is 0 Å². The summed E-state index contributed by atoms with van der Waals surface area (Å²) in [6.07, 6.45) is -5.18. The number of fused-ring (bicyclic) bond motifs is 1. The van der Waals surface area contributed by atoms with E-state index in [0.717, 1.165) is 0 Å². The van der Waals surface area contributed by atoms with Crippen LogP contribution in [0.25, 0.3) is 22.0 Å². The molecule has 1 heterocycles. The highest BCUT2D eigenvalue weighted by molar-refractivity contribution is 5.97. The Balaban J connectivity index is 2.07. The van der Waals surface area contributed by atoms with E-state index in [1.54, 1.807) is 45.2 Å². The van der Waals surface area contributed by atoms with Gasteiger partial charge in [0.1, 0.15) is 17.5 Å². The van der Waals surface area contributed by atoms with Gasteiger partial charge in [-0.15, -0.1) is 13.2 Å². The Morgan fingerprint density at radius 2 is 1.82 bits per heavy atom. The SMILES string of the molecule is CC(C)(C)OC(=O)NCc1cc(-c2ccc(OC(F)(F)F)cc2)c2ncccc2c1[C@H](O)CO. The fourth-order valence-electron chi connectivity index (χ4n) is 3.50. The van der Waals surface area contributed by atoms with Gasteiger partial charge in [-0.25, -0.2) is 4.79 Å². The van der Waals surface area contributed by atoms with E-state index in [9.17, 15) is 28.2 Å². The smallest absolute Gasteiger partial charge is 0.444 e. The number of alkyl carbamates (subject to hydrolysis) is 1. The zero-order valence-electron chi connectivity index (χ0n) is 18.8. The molecule has 0 radical (unpaired) electrons. The minimum atomic E-state index is -4.81. The summed E-state index contributed by atoms with van der Waals surface area (Å²) in [5, 5.41) is 23.3. The molecule has 0 saturated carbocycles. The van der Waals surface area contributed by atoms with Crippen LogP contribution in [0.15, 0.2) is 48.7 Å². The van der Waals surface area contributed by atoms with Crippen molar-refractivity contribution in [2.24, 2.45) is 0 Å². The molecule has 10 heteroatoms. The van der Waals surface area contributed by atoms with Gasteiger partial charge in [0.15, 0.2) is 0 Å². The maximum atomic E-state index is 12.5. The molecule has 0 unspecified atom stereocenters. The van der Waals surface area contributed by atoms with Crippen LogP contribution in [0.5, 0.6) is 5.75 Å². The molecule has 0 spiro atoms. The zero-order chi connectivity index (χ0) is 25.1. The maximum Gasteiger partial charge on any atom is 0.573 e. The molecule has 3 N–H and O–H groups in total. The summed E-state index contributed by atoms with van der Waals surface area (Å²) in [5.41, 5.74) is 1.72. The van der Waals surface area contributed by atoms with Crippen LogP contribution in [0.1, 0.15) is 38.0 Å². The molecule has 1 atom stereocenters. The number of carbonyl (C=O) groups is 1. The molecule has 0 aliphatic carbocycles. The van der Waals surface area contributed by atoms with Gasteiger partial charge in [-0.1, -0.05) is 18.2 Å². The number of aliphatic hydroxyl groups excluding tert-OH is 2. The Kier molecular flexibility index (Phi) is 7.32. The lowest BCUT2D eigenvalue weighted by Gasteiger charge is -2.22. The number of aliphatic hydroxyl groups is 2. The molecule has 0 aliphatic rings. The van der Waals surface area contributed by atoms with Crippen molar-refractivity contribution in [2.45, 2.75) is 45.4 Å². The number of hydrogen-bond donors (Lipinski definition) is 3. The maximum absolute atomic E-state index is 12.5. The number of nitrogens with zero attached hydrogens (tertiary/aromatic N) is 1. The lowest BCUT2D eigenvalue weighted by molar-refractivity contribution is -0.274. The molecule has 0 aliphatic heterocycles. The van der Waals surface area contributed by atoms with Gasteiger partial charge in [0, 0.05) is 23.7 Å². The Hall–Kier alpha value is -3.37. The number of aromatic nitrogens is 1. The van der Waals surface area contributed by atoms with Gasteiger partial charge in [0.25, 0.3) is 0 Å². The molecule has 34 heavy (non-hydrogen) atoms. The Morgan fingerprint density at radius 1 is 1.15 bits per heavy atom. The number of alkyl halides is 3. The van der Waals surface area contributed by atoms with Crippen molar-refractivity contribution in [1.82, 2.24) is 10.3 Å². The molecule has 3 aromatic rings. The van der Waals surface area contributed by atoms with E-state index in [-0.39, 0.29) is 12.3 Å². The Bertz CT molecular complexity index is 1160. The summed E-state index contributed by atoms with van der Waals surface area (Å²) in [7, 11) is 0. The van der Waals surface area contributed by atoms with E-state index >= 15 is 0 Å². The quantitative estimate of drug-likeness (QED) is 0.468. The van der Waals surface area contributed by atoms with Gasteiger partial charge in [0.05, 0.1) is 12.1 Å². The lowest BCUT2D eigenvalue weighted by atomic mass is 9.91. The van der Waals surface area contributed by atoms with Crippen molar-refractivity contribution < 1.29 is 37.7 Å². The minimum Gasteiger partial charge on any atom is -0.444 e. The van der Waals surface area contributed by atoms with Crippen molar-refractivity contribution >= 4 is 17.0 Å². The second kappa shape index (κ2) is 9.86. The van der Waals surface area contributed by atoms with E-state index < -0.39 is 30.8 Å². The highest BCUT2D eigenvalue weighted by Gasteiger charge is 2.31. The largest absolute Gasteiger partial charge is 0.573 e. The molecule has 182 valence electrons. The molecule has 0 saturated heterocycles. The lowest BCUT2D eigenvalue weighted by Crippen LogP contribution is -2.32. The molecular weight excluding hydrogens is 453 g/mol. The number of rotatable bonds is 6. The third-order valence-electron chi connectivity index (χ3n) is 4.74. The zero-order valence-corrected chi connectivity index (χ0v) is 18.8. The second-order valence-corrected chi connectivity index (χ2v) is 8.52. The predicted octanol–water partition coefficient (Wildman–Crippen LogP) is 4.85. The standard InChI is InChI=1S/C24H25F3N2O5/c1-23(2,3)34-22(32)29-12-15-11-18(14-6-8-16(9-7-14)33-24(25,26)27)21-17(5-4-10-28-21)20(15)19(31)13-30/h4-11,19,30-31H,12-13H2,1-3H3,(H,29,32)/t19-/m1/s1. The first kappa shape index (κ1) is 25.3. The molecule has 7 nitrogen and oxygen atoms in total. The first-order chi connectivity index (χ1) is 15.9. The van der Waals surface area contributed by atoms with E-state index in [4.69, 9.17) is 4.74 Å². The molecule has 1 amide bonds. The molecular formula is C24H25F3N2O5. The van der Waals surface area contributed by atoms with E-state index in [0.29, 0.717) is 33.2 Å². The number of halogens is 3. The summed E-state index contributed by atoms with van der Waals surface area (Å²) >= 11 is 0. The number of pyridine rings is 1. The van der Waals surface area contributed by atoms with Crippen LogP contribution in [-0.2, 0) is 11.3 Å². The minimum absolute atomic E-state index is 0.0333. The van der Waals surface area contributed by atoms with Crippen molar-refractivity contribution in [1.29, 1.82) is 0 Å². The number of hydrogen-bond acceptors (Lipinski definition) is 6. The van der Waals surface area contributed by atoms with Crippen LogP contribution in [0.4, 0.5) is 18.0 Å². The van der Waals surface area contributed by atoms with Gasteiger partial charge < -0.3 is 25.0 Å².